The third-order valence-corrected chi connectivity index (χ3v) is 8.20. The van der Waals surface area contributed by atoms with E-state index < -0.39 is 20.1 Å². The number of hydrogen-bond donors (Lipinski definition) is 0. The van der Waals surface area contributed by atoms with Gasteiger partial charge in [0.25, 0.3) is 0 Å². The molecule has 0 atom stereocenters. The summed E-state index contributed by atoms with van der Waals surface area (Å²) in [6, 6.07) is 0. The van der Waals surface area contributed by atoms with Crippen LogP contribution in [0, 0.1) is 0 Å². The molecule has 0 amide bonds. The predicted octanol–water partition coefficient (Wildman–Crippen LogP) is 2.74. The van der Waals surface area contributed by atoms with E-state index in [-0.39, 0.29) is 0 Å². The first-order valence-electron chi connectivity index (χ1n) is 3.98. The Bertz CT molecular complexity index is 90.2. The number of alkyl halides is 2. The fourth-order valence-electron chi connectivity index (χ4n) is 0.741. The Balaban J connectivity index is 3.28. The molecular formula is C8H20INS. The van der Waals surface area contributed by atoms with Gasteiger partial charge in [-0.1, -0.05) is 0 Å². The number of thioether (sulfide) groups is 1. The Kier molecular flexibility index (Phi) is 8.40. The minimum absolute atomic E-state index is 0.670. The first kappa shape index (κ1) is 12.0. The van der Waals surface area contributed by atoms with Crippen LogP contribution in [0.4, 0.5) is 0 Å². The summed E-state index contributed by atoms with van der Waals surface area (Å²) in [7, 11) is 2.27. The second-order valence-corrected chi connectivity index (χ2v) is 9.40. The summed E-state index contributed by atoms with van der Waals surface area (Å²) < 4.78 is 4.05. The van der Waals surface area contributed by atoms with Crippen molar-refractivity contribution in [3.63, 3.8) is 0 Å². The Hall–Kier alpha value is 1.04. The molecule has 0 spiro atoms. The maximum atomic E-state index is 2.56. The molecule has 0 unspecified atom stereocenters. The molecule has 0 aromatic carbocycles. The molecule has 0 heterocycles. The van der Waals surface area contributed by atoms with Crippen LogP contribution in [-0.4, -0.2) is 38.1 Å². The van der Waals surface area contributed by atoms with Crippen molar-refractivity contribution in [3.8, 4) is 0 Å². The van der Waals surface area contributed by atoms with Gasteiger partial charge in [0.15, 0.2) is 0 Å². The van der Waals surface area contributed by atoms with Crippen molar-refractivity contribution in [3.05, 3.63) is 0 Å². The third kappa shape index (κ3) is 6.22. The number of halogens is 1. The van der Waals surface area contributed by atoms with Crippen LogP contribution in [0.1, 0.15) is 13.3 Å². The fraction of sp³-hybridized carbons (Fsp3) is 1.00. The first-order chi connectivity index (χ1) is 5.22. The van der Waals surface area contributed by atoms with Gasteiger partial charge in [0.2, 0.25) is 0 Å². The number of hydrogen-bond acceptors (Lipinski definition) is 2. The Morgan fingerprint density at radius 1 is 1.45 bits per heavy atom. The van der Waals surface area contributed by atoms with Crippen molar-refractivity contribution in [2.45, 2.75) is 13.3 Å². The first-order valence-corrected chi connectivity index (χ1v) is 10.0. The second-order valence-electron chi connectivity index (χ2n) is 2.51. The molecule has 0 radical (unpaired) electrons. The second kappa shape index (κ2) is 7.68. The third-order valence-electron chi connectivity index (χ3n) is 1.68. The molecule has 0 rings (SSSR count). The summed E-state index contributed by atoms with van der Waals surface area (Å²) in [6.07, 6.45) is 3.62. The van der Waals surface area contributed by atoms with Gasteiger partial charge in [-0.3, -0.25) is 0 Å². The van der Waals surface area contributed by atoms with Crippen LogP contribution in [0.2, 0.25) is 0 Å². The zero-order chi connectivity index (χ0) is 8.69. The molecule has 11 heavy (non-hydrogen) atoms. The van der Waals surface area contributed by atoms with Gasteiger partial charge in [0.05, 0.1) is 0 Å². The van der Waals surface area contributed by atoms with Gasteiger partial charge >= 0.3 is 83.3 Å². The van der Waals surface area contributed by atoms with Crippen LogP contribution in [0.15, 0.2) is 0 Å². The predicted molar refractivity (Wildman–Crippen MR) is 66.1 cm³/mol. The monoisotopic (exact) mass is 289 g/mol. The van der Waals surface area contributed by atoms with Gasteiger partial charge in [-0.05, 0) is 0 Å². The van der Waals surface area contributed by atoms with Crippen LogP contribution in [0.3, 0.4) is 0 Å². The normalized spacial score (nSPS) is 12.3. The van der Waals surface area contributed by atoms with Gasteiger partial charge in [0.1, 0.15) is 0 Å². The molecule has 0 aliphatic carbocycles. The van der Waals surface area contributed by atoms with E-state index in [1.807, 2.05) is 11.8 Å². The Morgan fingerprint density at radius 3 is 2.55 bits per heavy atom. The topological polar surface area (TPSA) is 3.24 Å². The molecule has 0 bridgehead atoms. The minimum atomic E-state index is -0.670. The van der Waals surface area contributed by atoms with Gasteiger partial charge in [-0.15, -0.1) is 0 Å². The van der Waals surface area contributed by atoms with E-state index in [0.717, 1.165) is 0 Å². The van der Waals surface area contributed by atoms with Crippen LogP contribution in [0.5, 0.6) is 0 Å². The van der Waals surface area contributed by atoms with Crippen LogP contribution >= 0.6 is 31.9 Å². The SMILES string of the molecule is CCN(C)I(C)CCCSC. The van der Waals surface area contributed by atoms with E-state index >= 15 is 0 Å². The molecule has 0 aromatic rings. The standard InChI is InChI=1S/C8H20INS/c1-5-10(3)9(2)7-6-8-11-4/h5-8H2,1-4H3. The van der Waals surface area contributed by atoms with Gasteiger partial charge in [-0.25, -0.2) is 0 Å². The van der Waals surface area contributed by atoms with Crippen LogP contribution in [0.25, 0.3) is 0 Å². The average Bonchev–Trinajstić information content (AvgIpc) is 2.03. The van der Waals surface area contributed by atoms with Crippen molar-refractivity contribution >= 4 is 31.9 Å². The van der Waals surface area contributed by atoms with E-state index in [1.165, 1.54) is 23.1 Å². The molecule has 0 aliphatic heterocycles. The van der Waals surface area contributed by atoms with E-state index in [9.17, 15) is 0 Å². The Labute approximate surface area is 83.0 Å². The summed E-state index contributed by atoms with van der Waals surface area (Å²) in [5.41, 5.74) is 0. The maximum absolute atomic E-state index is 2.56. The van der Waals surface area contributed by atoms with Crippen LogP contribution in [-0.2, 0) is 0 Å². The van der Waals surface area contributed by atoms with Crippen molar-refractivity contribution in [1.29, 1.82) is 0 Å². The quantitative estimate of drug-likeness (QED) is 0.320. The fourth-order valence-corrected chi connectivity index (χ4v) is 5.16. The molecule has 0 fully saturated rings. The molecule has 0 aromatic heterocycles. The summed E-state index contributed by atoms with van der Waals surface area (Å²) in [5.74, 6) is 1.35. The molecule has 3 heteroatoms. The van der Waals surface area contributed by atoms with E-state index in [1.54, 1.807) is 0 Å². The van der Waals surface area contributed by atoms with Crippen molar-refractivity contribution in [1.82, 2.24) is 3.11 Å². The molecular weight excluding hydrogens is 269 g/mol. The Morgan fingerprint density at radius 2 is 2.09 bits per heavy atom. The molecule has 0 aliphatic rings. The van der Waals surface area contributed by atoms with E-state index in [0.29, 0.717) is 0 Å². The summed E-state index contributed by atoms with van der Waals surface area (Å²) in [5, 5.41) is 0. The molecule has 0 N–H and O–H groups in total. The molecule has 0 saturated carbocycles. The zero-order valence-corrected chi connectivity index (χ0v) is 11.0. The van der Waals surface area contributed by atoms with Gasteiger partial charge in [-0.2, -0.15) is 0 Å². The van der Waals surface area contributed by atoms with Crippen LogP contribution < -0.4 is 0 Å². The summed E-state index contributed by atoms with van der Waals surface area (Å²) in [4.78, 5) is 2.47. The van der Waals surface area contributed by atoms with Gasteiger partial charge in [0, 0.05) is 0 Å². The van der Waals surface area contributed by atoms with E-state index in [4.69, 9.17) is 0 Å². The van der Waals surface area contributed by atoms with Crippen molar-refractivity contribution < 1.29 is 0 Å². The number of rotatable bonds is 6. The molecule has 0 saturated heterocycles. The zero-order valence-electron chi connectivity index (χ0n) is 8.06. The van der Waals surface area contributed by atoms with Crippen molar-refractivity contribution in [2.75, 3.05) is 35.0 Å². The van der Waals surface area contributed by atoms with Crippen molar-refractivity contribution in [2.24, 2.45) is 0 Å². The van der Waals surface area contributed by atoms with Gasteiger partial charge < -0.3 is 0 Å². The molecule has 1 nitrogen and oxygen atoms in total. The number of nitrogens with zero attached hydrogens (tertiary/aromatic N) is 1. The summed E-state index contributed by atoms with van der Waals surface area (Å²) >= 11 is 1.30. The summed E-state index contributed by atoms with van der Waals surface area (Å²) in [6.45, 7) is 3.49. The van der Waals surface area contributed by atoms with E-state index in [2.05, 4.69) is 28.3 Å². The average molecular weight is 289 g/mol. The molecule has 70 valence electrons.